The number of rotatable bonds is 5. The van der Waals surface area contributed by atoms with E-state index in [2.05, 4.69) is 27.6 Å². The summed E-state index contributed by atoms with van der Waals surface area (Å²) in [6, 6.07) is 12.2. The van der Waals surface area contributed by atoms with Crippen molar-refractivity contribution in [1.29, 1.82) is 0 Å². The van der Waals surface area contributed by atoms with Gasteiger partial charge in [0.05, 0.1) is 0 Å². The number of hydrogen-bond donors (Lipinski definition) is 3. The number of aromatic nitrogens is 2. The number of aryl methyl sites for hydroxylation is 2. The lowest BCUT2D eigenvalue weighted by Gasteiger charge is -2.31. The van der Waals surface area contributed by atoms with Gasteiger partial charge in [-0.05, 0) is 43.7 Å². The highest BCUT2D eigenvalue weighted by Crippen LogP contribution is 2.17. The Hall–Kier alpha value is -2.34. The van der Waals surface area contributed by atoms with Crippen LogP contribution in [0.3, 0.4) is 0 Å². The summed E-state index contributed by atoms with van der Waals surface area (Å²) in [7, 11) is 0. The number of carbonyl (C=O) groups excluding carboxylic acids is 1. The molecule has 0 unspecified atom stereocenters. The van der Waals surface area contributed by atoms with Crippen molar-refractivity contribution in [3.63, 3.8) is 0 Å². The molecule has 2 aromatic rings. The van der Waals surface area contributed by atoms with Crippen LogP contribution < -0.4 is 11.1 Å². The number of H-pyrrole nitrogens is 1. The number of amides is 2. The van der Waals surface area contributed by atoms with Gasteiger partial charge in [-0.1, -0.05) is 30.3 Å². The van der Waals surface area contributed by atoms with E-state index in [4.69, 9.17) is 5.73 Å². The Morgan fingerprint density at radius 2 is 2.00 bits per heavy atom. The van der Waals surface area contributed by atoms with Crippen LogP contribution in [0.5, 0.6) is 0 Å². The van der Waals surface area contributed by atoms with Crippen LogP contribution in [0.1, 0.15) is 24.1 Å². The molecule has 128 valence electrons. The fraction of sp³-hybridized carbons (Fsp3) is 0.444. The highest BCUT2D eigenvalue weighted by Gasteiger charge is 2.22. The Balaban J connectivity index is 1.48. The van der Waals surface area contributed by atoms with Gasteiger partial charge in [-0.3, -0.25) is 10.4 Å². The number of carbonyl (C=O) groups is 1. The van der Waals surface area contributed by atoms with Crippen molar-refractivity contribution in [3.8, 4) is 0 Å². The van der Waals surface area contributed by atoms with E-state index in [1.807, 2.05) is 29.2 Å². The van der Waals surface area contributed by atoms with Crippen LogP contribution in [-0.4, -0.2) is 40.8 Å². The molecule has 0 spiro atoms. The maximum absolute atomic E-state index is 12.3. The number of aromatic amines is 1. The Kier molecular flexibility index (Phi) is 5.48. The van der Waals surface area contributed by atoms with E-state index in [0.29, 0.717) is 18.3 Å². The molecule has 0 aliphatic carbocycles. The van der Waals surface area contributed by atoms with Crippen LogP contribution in [0.2, 0.25) is 0 Å². The lowest BCUT2D eigenvalue weighted by atomic mass is 9.97. The highest BCUT2D eigenvalue weighted by atomic mass is 16.2. The minimum Gasteiger partial charge on any atom is -0.330 e. The van der Waals surface area contributed by atoms with Gasteiger partial charge in [0.1, 0.15) is 0 Å². The summed E-state index contributed by atoms with van der Waals surface area (Å²) in [6.45, 7) is 2.23. The lowest BCUT2D eigenvalue weighted by Crippen LogP contribution is -2.42. The van der Waals surface area contributed by atoms with Crippen molar-refractivity contribution in [2.45, 2.75) is 25.7 Å². The maximum Gasteiger partial charge on any atom is 0.323 e. The molecule has 1 aliphatic heterocycles. The minimum atomic E-state index is -0.0772. The predicted molar refractivity (Wildman–Crippen MR) is 94.8 cm³/mol. The van der Waals surface area contributed by atoms with Gasteiger partial charge in [0.25, 0.3) is 0 Å². The van der Waals surface area contributed by atoms with Crippen LogP contribution in [0.25, 0.3) is 0 Å². The van der Waals surface area contributed by atoms with Gasteiger partial charge in [0.15, 0.2) is 5.82 Å². The number of urea groups is 1. The van der Waals surface area contributed by atoms with E-state index in [9.17, 15) is 4.79 Å². The molecule has 4 N–H and O–H groups in total. The molecule has 6 nitrogen and oxygen atoms in total. The third-order valence-electron chi connectivity index (χ3n) is 4.63. The zero-order valence-corrected chi connectivity index (χ0v) is 13.9. The molecule has 2 heterocycles. The molecule has 0 bridgehead atoms. The first-order valence-electron chi connectivity index (χ1n) is 8.59. The number of anilines is 1. The second kappa shape index (κ2) is 7.97. The zero-order chi connectivity index (χ0) is 16.8. The summed E-state index contributed by atoms with van der Waals surface area (Å²) in [5.41, 5.74) is 8.00. The SMILES string of the molecule is NCC1CCN(C(=O)Nc2cc(CCc3ccccc3)[nH]n2)CC1. The molecule has 3 rings (SSSR count). The smallest absolute Gasteiger partial charge is 0.323 e. The largest absolute Gasteiger partial charge is 0.330 e. The van der Waals surface area contributed by atoms with Crippen LogP contribution in [0.4, 0.5) is 10.6 Å². The molecule has 1 fully saturated rings. The van der Waals surface area contributed by atoms with E-state index in [1.54, 1.807) is 0 Å². The van der Waals surface area contributed by atoms with Crippen LogP contribution >= 0.6 is 0 Å². The molecule has 1 aromatic heterocycles. The first-order chi connectivity index (χ1) is 11.7. The van der Waals surface area contributed by atoms with Crippen molar-refractivity contribution in [1.82, 2.24) is 15.1 Å². The van der Waals surface area contributed by atoms with Crippen LogP contribution in [-0.2, 0) is 12.8 Å². The molecule has 6 heteroatoms. The average molecular weight is 327 g/mol. The van der Waals surface area contributed by atoms with Crippen LogP contribution in [0.15, 0.2) is 36.4 Å². The quantitative estimate of drug-likeness (QED) is 0.788. The number of nitrogens with zero attached hydrogens (tertiary/aromatic N) is 2. The number of piperidine rings is 1. The van der Waals surface area contributed by atoms with Gasteiger partial charge >= 0.3 is 6.03 Å². The number of nitrogens with two attached hydrogens (primary N) is 1. The monoisotopic (exact) mass is 327 g/mol. The van der Waals surface area contributed by atoms with Gasteiger partial charge in [-0.2, -0.15) is 5.10 Å². The number of hydrogen-bond acceptors (Lipinski definition) is 3. The van der Waals surface area contributed by atoms with E-state index >= 15 is 0 Å². The number of benzene rings is 1. The topological polar surface area (TPSA) is 87.0 Å². The van der Waals surface area contributed by atoms with Gasteiger partial charge in [0, 0.05) is 24.8 Å². The molecule has 0 atom stereocenters. The van der Waals surface area contributed by atoms with E-state index in [-0.39, 0.29) is 6.03 Å². The molecule has 2 amide bonds. The molecular weight excluding hydrogens is 302 g/mol. The summed E-state index contributed by atoms with van der Waals surface area (Å²) < 4.78 is 0. The highest BCUT2D eigenvalue weighted by molar-refractivity contribution is 5.88. The average Bonchev–Trinajstić information content (AvgIpc) is 3.08. The van der Waals surface area contributed by atoms with Crippen molar-refractivity contribution in [3.05, 3.63) is 47.7 Å². The Morgan fingerprint density at radius 1 is 1.25 bits per heavy atom. The Labute approximate surface area is 142 Å². The van der Waals surface area contributed by atoms with Crippen molar-refractivity contribution >= 4 is 11.8 Å². The molecule has 24 heavy (non-hydrogen) atoms. The lowest BCUT2D eigenvalue weighted by molar-refractivity contribution is 0.184. The second-order valence-corrected chi connectivity index (χ2v) is 6.36. The van der Waals surface area contributed by atoms with E-state index < -0.39 is 0 Å². The maximum atomic E-state index is 12.3. The van der Waals surface area contributed by atoms with E-state index in [0.717, 1.165) is 44.5 Å². The standard InChI is InChI=1S/C18H25N5O/c19-13-15-8-10-23(11-9-15)18(24)20-17-12-16(21-22-17)7-6-14-4-2-1-3-5-14/h1-5,12,15H,6-11,13,19H2,(H2,20,21,22,24). The molecule has 1 aliphatic rings. The van der Waals surface area contributed by atoms with E-state index in [1.165, 1.54) is 5.56 Å². The van der Waals surface area contributed by atoms with Crippen LogP contribution in [0, 0.1) is 5.92 Å². The fourth-order valence-electron chi connectivity index (χ4n) is 3.04. The Bertz CT molecular complexity index is 646. The fourth-order valence-corrected chi connectivity index (χ4v) is 3.04. The minimum absolute atomic E-state index is 0.0772. The summed E-state index contributed by atoms with van der Waals surface area (Å²) >= 11 is 0. The third-order valence-corrected chi connectivity index (χ3v) is 4.63. The molecule has 1 saturated heterocycles. The van der Waals surface area contributed by atoms with Gasteiger partial charge in [-0.15, -0.1) is 0 Å². The first-order valence-corrected chi connectivity index (χ1v) is 8.59. The van der Waals surface area contributed by atoms with Gasteiger partial charge in [0.2, 0.25) is 0 Å². The summed E-state index contributed by atoms with van der Waals surface area (Å²) in [5, 5.41) is 10.1. The number of nitrogens with one attached hydrogen (secondary N) is 2. The molecular formula is C18H25N5O. The molecule has 0 radical (unpaired) electrons. The number of likely N-dealkylation sites (tertiary alicyclic amines) is 1. The molecule has 1 aromatic carbocycles. The summed E-state index contributed by atoms with van der Waals surface area (Å²) in [6.07, 6.45) is 3.78. The zero-order valence-electron chi connectivity index (χ0n) is 13.9. The van der Waals surface area contributed by atoms with Gasteiger partial charge in [-0.25, -0.2) is 4.79 Å². The molecule has 0 saturated carbocycles. The normalized spacial score (nSPS) is 15.5. The van der Waals surface area contributed by atoms with Crippen molar-refractivity contribution in [2.24, 2.45) is 11.7 Å². The second-order valence-electron chi connectivity index (χ2n) is 6.36. The first kappa shape index (κ1) is 16.5. The van der Waals surface area contributed by atoms with Crippen molar-refractivity contribution in [2.75, 3.05) is 25.0 Å². The predicted octanol–water partition coefficient (Wildman–Crippen LogP) is 2.40. The summed E-state index contributed by atoms with van der Waals surface area (Å²) in [5.74, 6) is 1.13. The van der Waals surface area contributed by atoms with Gasteiger partial charge < -0.3 is 10.6 Å². The summed E-state index contributed by atoms with van der Waals surface area (Å²) in [4.78, 5) is 14.1. The Morgan fingerprint density at radius 3 is 2.71 bits per heavy atom. The third kappa shape index (κ3) is 4.35. The van der Waals surface area contributed by atoms with Crippen molar-refractivity contribution < 1.29 is 4.79 Å².